The average molecular weight is 162 g/mol. The molecule has 0 aliphatic rings. The molecule has 0 saturated heterocycles. The van der Waals surface area contributed by atoms with Crippen LogP contribution in [-0.2, 0) is 6.54 Å². The topological polar surface area (TPSA) is 70.5 Å². The lowest BCUT2D eigenvalue weighted by atomic mass is 10.3. The fraction of sp³-hybridized carbons (Fsp3) is 0.125. The van der Waals surface area contributed by atoms with Gasteiger partial charge in [0.2, 0.25) is 0 Å². The number of aromatic nitrogens is 3. The summed E-state index contributed by atoms with van der Waals surface area (Å²) in [6, 6.07) is 5.84. The Morgan fingerprint density at radius 1 is 1.50 bits per heavy atom. The number of H-pyrrole nitrogens is 2. The summed E-state index contributed by atoms with van der Waals surface area (Å²) >= 11 is 0. The molecule has 0 fully saturated rings. The summed E-state index contributed by atoms with van der Waals surface area (Å²) in [5.74, 6) is 0. The SMILES string of the molecule is NCc1cc(-c2ccc[nH]2)n[nH]1. The van der Waals surface area contributed by atoms with E-state index in [0.29, 0.717) is 6.54 Å². The third kappa shape index (κ3) is 1.12. The van der Waals surface area contributed by atoms with Crippen molar-refractivity contribution in [2.75, 3.05) is 0 Å². The van der Waals surface area contributed by atoms with Gasteiger partial charge in [-0.15, -0.1) is 0 Å². The maximum atomic E-state index is 5.44. The van der Waals surface area contributed by atoms with Crippen molar-refractivity contribution in [1.29, 1.82) is 0 Å². The maximum absolute atomic E-state index is 5.44. The third-order valence-corrected chi connectivity index (χ3v) is 1.72. The lowest BCUT2D eigenvalue weighted by Crippen LogP contribution is -1.95. The van der Waals surface area contributed by atoms with Crippen LogP contribution in [0.2, 0.25) is 0 Å². The molecule has 4 heteroatoms. The molecule has 2 heterocycles. The van der Waals surface area contributed by atoms with Crippen LogP contribution in [0.1, 0.15) is 5.69 Å². The number of nitrogens with zero attached hydrogens (tertiary/aromatic N) is 1. The van der Waals surface area contributed by atoms with Gasteiger partial charge in [0.05, 0.1) is 5.69 Å². The van der Waals surface area contributed by atoms with E-state index < -0.39 is 0 Å². The van der Waals surface area contributed by atoms with Gasteiger partial charge < -0.3 is 10.7 Å². The zero-order valence-corrected chi connectivity index (χ0v) is 6.54. The standard InChI is InChI=1S/C8H10N4/c9-5-6-4-8(12-11-6)7-2-1-3-10-7/h1-4,10H,5,9H2,(H,11,12). The van der Waals surface area contributed by atoms with Crippen LogP contribution in [0.25, 0.3) is 11.4 Å². The molecule has 4 N–H and O–H groups in total. The molecule has 0 aromatic carbocycles. The van der Waals surface area contributed by atoms with Gasteiger partial charge in [-0.05, 0) is 18.2 Å². The largest absolute Gasteiger partial charge is 0.360 e. The second-order valence-corrected chi connectivity index (χ2v) is 2.57. The van der Waals surface area contributed by atoms with Crippen molar-refractivity contribution < 1.29 is 0 Å². The predicted octanol–water partition coefficient (Wildman–Crippen LogP) is 0.863. The van der Waals surface area contributed by atoms with E-state index in [0.717, 1.165) is 17.1 Å². The molecule has 2 aromatic heterocycles. The Bertz CT molecular complexity index is 347. The summed E-state index contributed by atoms with van der Waals surface area (Å²) < 4.78 is 0. The van der Waals surface area contributed by atoms with Gasteiger partial charge in [0, 0.05) is 18.4 Å². The van der Waals surface area contributed by atoms with Gasteiger partial charge in [-0.25, -0.2) is 0 Å². The molecule has 2 aromatic rings. The van der Waals surface area contributed by atoms with Gasteiger partial charge in [0.15, 0.2) is 0 Å². The van der Waals surface area contributed by atoms with Crippen molar-refractivity contribution in [1.82, 2.24) is 15.2 Å². The molecule has 0 aliphatic heterocycles. The zero-order valence-electron chi connectivity index (χ0n) is 6.54. The minimum Gasteiger partial charge on any atom is -0.360 e. The van der Waals surface area contributed by atoms with Crippen LogP contribution >= 0.6 is 0 Å². The molecule has 0 amide bonds. The van der Waals surface area contributed by atoms with Crippen molar-refractivity contribution in [3.63, 3.8) is 0 Å². The molecule has 0 bridgehead atoms. The molecule has 12 heavy (non-hydrogen) atoms. The highest BCUT2D eigenvalue weighted by Crippen LogP contribution is 2.13. The molecule has 0 saturated carbocycles. The Kier molecular flexibility index (Phi) is 1.68. The van der Waals surface area contributed by atoms with E-state index in [1.165, 1.54) is 0 Å². The lowest BCUT2D eigenvalue weighted by Gasteiger charge is -1.86. The summed E-state index contributed by atoms with van der Waals surface area (Å²) in [7, 11) is 0. The van der Waals surface area contributed by atoms with Crippen molar-refractivity contribution in [3.8, 4) is 11.4 Å². The van der Waals surface area contributed by atoms with E-state index in [2.05, 4.69) is 15.2 Å². The Balaban J connectivity index is 2.35. The van der Waals surface area contributed by atoms with Gasteiger partial charge >= 0.3 is 0 Å². The van der Waals surface area contributed by atoms with Crippen LogP contribution in [0, 0.1) is 0 Å². The van der Waals surface area contributed by atoms with Gasteiger partial charge in [-0.2, -0.15) is 5.10 Å². The third-order valence-electron chi connectivity index (χ3n) is 1.72. The van der Waals surface area contributed by atoms with Crippen molar-refractivity contribution in [2.24, 2.45) is 5.73 Å². The van der Waals surface area contributed by atoms with Crippen LogP contribution in [0.4, 0.5) is 0 Å². The minimum absolute atomic E-state index is 0.494. The van der Waals surface area contributed by atoms with Crippen molar-refractivity contribution >= 4 is 0 Å². The highest BCUT2D eigenvalue weighted by Gasteiger charge is 2.01. The molecule has 2 rings (SSSR count). The molecule has 0 aliphatic carbocycles. The van der Waals surface area contributed by atoms with Gasteiger partial charge in [0.25, 0.3) is 0 Å². The van der Waals surface area contributed by atoms with E-state index in [4.69, 9.17) is 5.73 Å². The van der Waals surface area contributed by atoms with E-state index in [-0.39, 0.29) is 0 Å². The quantitative estimate of drug-likeness (QED) is 0.613. The first-order valence-corrected chi connectivity index (χ1v) is 3.78. The average Bonchev–Trinajstić information content (AvgIpc) is 2.75. The normalized spacial score (nSPS) is 10.4. The van der Waals surface area contributed by atoms with E-state index >= 15 is 0 Å². The van der Waals surface area contributed by atoms with Gasteiger partial charge in [0.1, 0.15) is 5.69 Å². The highest BCUT2D eigenvalue weighted by atomic mass is 15.1. The molecule has 4 nitrogen and oxygen atoms in total. The summed E-state index contributed by atoms with van der Waals surface area (Å²) in [5.41, 5.74) is 8.29. The number of nitrogens with one attached hydrogen (secondary N) is 2. The Hall–Kier alpha value is -1.55. The molecular weight excluding hydrogens is 152 g/mol. The Morgan fingerprint density at radius 3 is 3.00 bits per heavy atom. The molecular formula is C8H10N4. The summed E-state index contributed by atoms with van der Waals surface area (Å²) in [6.07, 6.45) is 1.87. The first kappa shape index (κ1) is 7.12. The fourth-order valence-electron chi connectivity index (χ4n) is 1.09. The number of hydrogen-bond acceptors (Lipinski definition) is 2. The highest BCUT2D eigenvalue weighted by molar-refractivity contribution is 5.54. The fourth-order valence-corrected chi connectivity index (χ4v) is 1.09. The van der Waals surface area contributed by atoms with E-state index in [1.54, 1.807) is 0 Å². The van der Waals surface area contributed by atoms with Crippen LogP contribution in [0.3, 0.4) is 0 Å². The second kappa shape index (κ2) is 2.83. The Labute approximate surface area is 69.8 Å². The summed E-state index contributed by atoms with van der Waals surface area (Å²) in [5, 5.41) is 6.94. The zero-order chi connectivity index (χ0) is 8.39. The summed E-state index contributed by atoms with van der Waals surface area (Å²) in [6.45, 7) is 0.494. The van der Waals surface area contributed by atoms with Crippen LogP contribution in [0.15, 0.2) is 24.4 Å². The number of hydrogen-bond donors (Lipinski definition) is 3. The molecule has 0 spiro atoms. The summed E-state index contributed by atoms with van der Waals surface area (Å²) in [4.78, 5) is 3.07. The molecule has 62 valence electrons. The van der Waals surface area contributed by atoms with Crippen molar-refractivity contribution in [2.45, 2.75) is 6.54 Å². The molecule has 0 unspecified atom stereocenters. The van der Waals surface area contributed by atoms with Gasteiger partial charge in [-0.3, -0.25) is 5.10 Å². The molecule has 0 atom stereocenters. The van der Waals surface area contributed by atoms with Crippen LogP contribution in [-0.4, -0.2) is 15.2 Å². The van der Waals surface area contributed by atoms with Gasteiger partial charge in [-0.1, -0.05) is 0 Å². The first-order chi connectivity index (χ1) is 5.90. The van der Waals surface area contributed by atoms with E-state index in [1.807, 2.05) is 24.4 Å². The number of rotatable bonds is 2. The van der Waals surface area contributed by atoms with Crippen LogP contribution in [0.5, 0.6) is 0 Å². The lowest BCUT2D eigenvalue weighted by molar-refractivity contribution is 0.948. The van der Waals surface area contributed by atoms with Crippen molar-refractivity contribution in [3.05, 3.63) is 30.1 Å². The monoisotopic (exact) mass is 162 g/mol. The predicted molar refractivity (Wildman–Crippen MR) is 46.3 cm³/mol. The number of nitrogens with two attached hydrogens (primary N) is 1. The van der Waals surface area contributed by atoms with Crippen LogP contribution < -0.4 is 5.73 Å². The molecule has 0 radical (unpaired) electrons. The Morgan fingerprint density at radius 2 is 2.42 bits per heavy atom. The second-order valence-electron chi connectivity index (χ2n) is 2.57. The smallest absolute Gasteiger partial charge is 0.109 e. The first-order valence-electron chi connectivity index (χ1n) is 3.78. The maximum Gasteiger partial charge on any atom is 0.109 e. The van der Waals surface area contributed by atoms with E-state index in [9.17, 15) is 0 Å². The minimum atomic E-state index is 0.494. The number of aromatic amines is 2.